The van der Waals surface area contributed by atoms with Crippen LogP contribution < -0.4 is 7.06 Å². The van der Waals surface area contributed by atoms with Gasteiger partial charge >= 0.3 is 137 Å². The van der Waals surface area contributed by atoms with Crippen LogP contribution in [0, 0.1) is 5.41 Å². The van der Waals surface area contributed by atoms with E-state index in [2.05, 4.69) is 50.4 Å². The molecule has 2 aliphatic heterocycles. The number of alkyl halides is 2. The third-order valence-electron chi connectivity index (χ3n) is 4.76. The molecule has 2 saturated heterocycles. The van der Waals surface area contributed by atoms with Crippen LogP contribution in [0.25, 0.3) is 0 Å². The number of rotatable bonds is 3. The number of hydrogen-bond acceptors (Lipinski definition) is 4. The monoisotopic (exact) mass is 492 g/mol. The van der Waals surface area contributed by atoms with Crippen molar-refractivity contribution < 1.29 is 9.53 Å². The molecule has 2 N–H and O–H groups in total. The van der Waals surface area contributed by atoms with Gasteiger partial charge in [-0.05, 0) is 0 Å². The van der Waals surface area contributed by atoms with Gasteiger partial charge in [-0.15, -0.1) is 0 Å². The van der Waals surface area contributed by atoms with Crippen LogP contribution in [0.2, 0.25) is 0 Å². The third kappa shape index (κ3) is 2.07. The molecule has 0 bridgehead atoms. The Morgan fingerprint density at radius 1 is 1.21 bits per heavy atom. The van der Waals surface area contributed by atoms with Crippen LogP contribution in [0.15, 0.2) is 0 Å². The van der Waals surface area contributed by atoms with Crippen molar-refractivity contribution in [2.24, 2.45) is 5.41 Å². The van der Waals surface area contributed by atoms with Gasteiger partial charge in [0.25, 0.3) is 0 Å². The molecule has 2 heterocycles. The number of ether oxygens (including phenoxy) is 1. The summed E-state index contributed by atoms with van der Waals surface area (Å²) in [6.07, 6.45) is 4.35. The number of carbonyl (C=O) groups excluding carboxylic acids is 1. The Morgan fingerprint density at radius 3 is 2.05 bits per heavy atom. The summed E-state index contributed by atoms with van der Waals surface area (Å²) in [5.74, 6) is -0.0396. The molecule has 0 aromatic heterocycles. The van der Waals surface area contributed by atoms with E-state index in [-0.39, 0.29) is 20.7 Å². The van der Waals surface area contributed by atoms with Crippen LogP contribution in [0.4, 0.5) is 0 Å². The Balaban J connectivity index is 1.77. The van der Waals surface area contributed by atoms with Gasteiger partial charge < -0.3 is 0 Å². The van der Waals surface area contributed by atoms with E-state index in [0.29, 0.717) is 0 Å². The molecule has 1 atom stereocenters. The van der Waals surface area contributed by atoms with Crippen molar-refractivity contribution in [1.82, 2.24) is 7.06 Å². The fourth-order valence-corrected chi connectivity index (χ4v) is 10.7. The van der Waals surface area contributed by atoms with Gasteiger partial charge in [-0.25, -0.2) is 0 Å². The SMILES string of the molecule is CC(C)(C)C1(OC(=O)C(C)(I)C23NI2N3)CCCC1. The van der Waals surface area contributed by atoms with Gasteiger partial charge in [-0.1, -0.05) is 0 Å². The molecular formula is C13H22I2N2O2. The first kappa shape index (κ1) is 14.8. The molecule has 0 radical (unpaired) electrons. The first-order valence-electron chi connectivity index (χ1n) is 6.83. The standard InChI is InChI=1S/C13H22I2N2O2/c1-10(2,3)12(7-5-6-8-12)19-9(18)11(4,14)13-15(16-13)17-13/h16-17H,5-8H2,1-4H3. The number of nitrogens with one attached hydrogen (secondary N) is 2. The maximum absolute atomic E-state index is 12.7. The molecule has 1 saturated carbocycles. The zero-order valence-electron chi connectivity index (χ0n) is 11.9. The minimum atomic E-state index is -1.12. The molecule has 3 rings (SSSR count). The van der Waals surface area contributed by atoms with E-state index in [1.807, 2.05) is 6.92 Å². The molecule has 1 unspecified atom stereocenters. The molecule has 19 heavy (non-hydrogen) atoms. The Hall–Kier alpha value is 0.850. The second-order valence-corrected chi connectivity index (χ2v) is 13.4. The number of hydrogen-bond donors (Lipinski definition) is 2. The van der Waals surface area contributed by atoms with Crippen molar-refractivity contribution in [3.8, 4) is 0 Å². The molecular weight excluding hydrogens is 470 g/mol. The fourth-order valence-electron chi connectivity index (χ4n) is 2.94. The van der Waals surface area contributed by atoms with E-state index in [1.165, 1.54) is 12.8 Å². The normalized spacial score (nSPS) is 31.3. The second-order valence-electron chi connectivity index (χ2n) is 6.97. The molecule has 6 heteroatoms. The molecule has 0 spiro atoms. The van der Waals surface area contributed by atoms with Crippen molar-refractivity contribution in [3.63, 3.8) is 0 Å². The van der Waals surface area contributed by atoms with Crippen LogP contribution in [-0.4, -0.2) is 18.7 Å². The first-order valence-corrected chi connectivity index (χ1v) is 11.1. The van der Waals surface area contributed by atoms with Crippen molar-refractivity contribution in [3.05, 3.63) is 0 Å². The third-order valence-corrected chi connectivity index (χ3v) is 11.9. The van der Waals surface area contributed by atoms with E-state index in [0.717, 1.165) is 12.8 Å². The topological polar surface area (TPSA) is 70.2 Å². The average molecular weight is 492 g/mol. The molecule has 110 valence electrons. The van der Waals surface area contributed by atoms with E-state index in [4.69, 9.17) is 4.74 Å². The molecule has 3 aliphatic rings. The van der Waals surface area contributed by atoms with Crippen molar-refractivity contribution in [1.29, 1.82) is 0 Å². The zero-order chi connectivity index (χ0) is 14.1. The zero-order valence-corrected chi connectivity index (χ0v) is 16.2. The summed E-state index contributed by atoms with van der Waals surface area (Å²) in [4.78, 5) is 12.7. The van der Waals surface area contributed by atoms with Gasteiger partial charge in [-0.2, -0.15) is 0 Å². The quantitative estimate of drug-likeness (QED) is 0.159. The number of fused-ring (bicyclic) bond motifs is 1. The van der Waals surface area contributed by atoms with Crippen molar-refractivity contribution >= 4 is 48.9 Å². The van der Waals surface area contributed by atoms with E-state index in [9.17, 15) is 4.79 Å². The summed E-state index contributed by atoms with van der Waals surface area (Å²) >= 11 is 1.15. The molecule has 0 amide bonds. The molecule has 0 aromatic carbocycles. The summed E-state index contributed by atoms with van der Waals surface area (Å²) in [5, 5.41) is 0. The van der Waals surface area contributed by atoms with Gasteiger partial charge in [0.15, 0.2) is 0 Å². The summed E-state index contributed by atoms with van der Waals surface area (Å²) in [6, 6.07) is 0. The van der Waals surface area contributed by atoms with Crippen LogP contribution in [0.3, 0.4) is 0 Å². The Kier molecular flexibility index (Phi) is 3.26. The predicted octanol–water partition coefficient (Wildman–Crippen LogP) is 3.28. The van der Waals surface area contributed by atoms with Crippen molar-refractivity contribution in [2.75, 3.05) is 0 Å². The van der Waals surface area contributed by atoms with Crippen LogP contribution >= 0.6 is 43.0 Å². The first-order chi connectivity index (χ1) is 8.65. The summed E-state index contributed by atoms with van der Waals surface area (Å²) in [5.41, 5.74) is -0.258. The summed E-state index contributed by atoms with van der Waals surface area (Å²) in [7, 11) is 0. The molecule has 4 nitrogen and oxygen atoms in total. The number of carbonyl (C=O) groups is 1. The molecule has 3 fully saturated rings. The molecule has 1 aliphatic carbocycles. The van der Waals surface area contributed by atoms with E-state index >= 15 is 0 Å². The van der Waals surface area contributed by atoms with Gasteiger partial charge in [0.1, 0.15) is 0 Å². The minimum absolute atomic E-state index is 0.00972. The number of esters is 1. The number of halogens is 2. The summed E-state index contributed by atoms with van der Waals surface area (Å²) in [6.45, 7) is 8.58. The maximum atomic E-state index is 12.7. The fraction of sp³-hybridized carbons (Fsp3) is 0.923. The Morgan fingerprint density at radius 2 is 1.68 bits per heavy atom. The Labute approximate surface area is 136 Å². The van der Waals surface area contributed by atoms with Crippen LogP contribution in [0.1, 0.15) is 53.4 Å². The molecule has 0 aromatic rings. The second kappa shape index (κ2) is 4.19. The van der Waals surface area contributed by atoms with Crippen molar-refractivity contribution in [2.45, 2.75) is 66.1 Å². The van der Waals surface area contributed by atoms with Gasteiger partial charge in [0.2, 0.25) is 0 Å². The average Bonchev–Trinajstić information content (AvgIpc) is 3.07. The van der Waals surface area contributed by atoms with E-state index in [1.54, 1.807) is 0 Å². The predicted molar refractivity (Wildman–Crippen MR) is 92.2 cm³/mol. The van der Waals surface area contributed by atoms with Gasteiger partial charge in [-0.3, -0.25) is 0 Å². The van der Waals surface area contributed by atoms with Crippen LogP contribution in [-0.2, 0) is 9.53 Å². The Bertz CT molecular complexity index is 419. The van der Waals surface area contributed by atoms with Gasteiger partial charge in [0.05, 0.1) is 0 Å². The van der Waals surface area contributed by atoms with Crippen LogP contribution in [0.5, 0.6) is 0 Å². The van der Waals surface area contributed by atoms with Gasteiger partial charge in [0, 0.05) is 0 Å². The van der Waals surface area contributed by atoms with E-state index < -0.39 is 23.8 Å². The summed E-state index contributed by atoms with van der Waals surface area (Å²) < 4.78 is 12.5.